The van der Waals surface area contributed by atoms with Crippen molar-refractivity contribution >= 4 is 26.2 Å². The molecule has 0 unspecified atom stereocenters. The lowest BCUT2D eigenvalue weighted by Gasteiger charge is -2.28. The van der Waals surface area contributed by atoms with Crippen molar-refractivity contribution in [2.24, 2.45) is 0 Å². The van der Waals surface area contributed by atoms with Gasteiger partial charge in [0.2, 0.25) is 0 Å². The summed E-state index contributed by atoms with van der Waals surface area (Å²) < 4.78 is 18.3. The minimum atomic E-state index is -1.60. The van der Waals surface area contributed by atoms with Crippen LogP contribution in [0.3, 0.4) is 0 Å². The van der Waals surface area contributed by atoms with E-state index < -0.39 is 26.2 Å². The average molecular weight is 392 g/mol. The molecular weight excluding hydrogens is 348 g/mol. The molecule has 0 fully saturated rings. The van der Waals surface area contributed by atoms with E-state index in [1.54, 1.807) is 0 Å². The maximum Gasteiger partial charge on any atom is 0.555 e. The van der Waals surface area contributed by atoms with Gasteiger partial charge in [-0.15, -0.1) is 0 Å². The fraction of sp³-hybridized carbons (Fsp3) is 1.00. The van der Waals surface area contributed by atoms with Crippen LogP contribution in [0.2, 0.25) is 39.3 Å². The first-order valence-electron chi connectivity index (χ1n) is 10.0. The van der Waals surface area contributed by atoms with E-state index in [0.29, 0.717) is 0 Å². The highest BCUT2D eigenvalue weighted by Gasteiger charge is 2.32. The lowest BCUT2D eigenvalue weighted by molar-refractivity contribution is 0.192. The van der Waals surface area contributed by atoms with Crippen LogP contribution in [0.25, 0.3) is 0 Å². The summed E-state index contributed by atoms with van der Waals surface area (Å²) in [5.74, 6) is 0. The van der Waals surface area contributed by atoms with Gasteiger partial charge in [0.15, 0.2) is 16.6 Å². The number of hydrogen-bond acceptors (Lipinski definition) is 3. The van der Waals surface area contributed by atoms with Gasteiger partial charge in [-0.2, -0.15) is 0 Å². The minimum Gasteiger partial charge on any atom is -0.414 e. The number of unbranched alkanes of at least 4 members (excludes halogenated alkanes) is 9. The van der Waals surface area contributed by atoms with Crippen LogP contribution in [0, 0.1) is 0 Å². The van der Waals surface area contributed by atoms with E-state index in [4.69, 9.17) is 12.7 Å². The Morgan fingerprint density at radius 2 is 0.958 bits per heavy atom. The first kappa shape index (κ1) is 24.5. The van der Waals surface area contributed by atoms with Crippen LogP contribution in [0.5, 0.6) is 0 Å². The molecular formula is C18H43O3Si3. The Labute approximate surface area is 156 Å². The number of rotatable bonds is 16. The SMILES string of the molecule is CCCCCCCCCCCCO[Si](O[Si](C)(C)C)O[Si](C)(C)C. The summed E-state index contributed by atoms with van der Waals surface area (Å²) in [6, 6.07) is 0. The Bertz CT molecular complexity index is 272. The van der Waals surface area contributed by atoms with E-state index >= 15 is 0 Å². The molecule has 0 rings (SSSR count). The van der Waals surface area contributed by atoms with Gasteiger partial charge >= 0.3 is 9.53 Å². The van der Waals surface area contributed by atoms with E-state index in [2.05, 4.69) is 46.2 Å². The van der Waals surface area contributed by atoms with Gasteiger partial charge in [-0.25, -0.2) is 0 Å². The zero-order valence-electron chi connectivity index (χ0n) is 17.5. The van der Waals surface area contributed by atoms with Gasteiger partial charge < -0.3 is 12.7 Å². The zero-order chi connectivity index (χ0) is 18.5. The third-order valence-corrected chi connectivity index (χ3v) is 10.2. The molecule has 0 aliphatic heterocycles. The van der Waals surface area contributed by atoms with Gasteiger partial charge in [-0.1, -0.05) is 64.7 Å². The standard InChI is InChI=1S/C18H43O3Si3/c1-8-9-10-11-12-13-14-15-16-17-18-19-22(20-23(2,3)4)21-24(5,6)7/h8-18H2,1-7H3. The lowest BCUT2D eigenvalue weighted by atomic mass is 10.1. The normalized spacial score (nSPS) is 13.0. The summed E-state index contributed by atoms with van der Waals surface area (Å²) in [7, 11) is -4.75. The van der Waals surface area contributed by atoms with Crippen LogP contribution in [0.15, 0.2) is 0 Å². The molecule has 0 saturated heterocycles. The first-order chi connectivity index (χ1) is 11.1. The molecule has 0 aliphatic rings. The molecule has 1 radical (unpaired) electrons. The molecule has 0 spiro atoms. The molecule has 0 bridgehead atoms. The van der Waals surface area contributed by atoms with Gasteiger partial charge in [0.1, 0.15) is 0 Å². The first-order valence-corrected chi connectivity index (χ1v) is 18.1. The number of hydrogen-bond donors (Lipinski definition) is 0. The monoisotopic (exact) mass is 391 g/mol. The van der Waals surface area contributed by atoms with Crippen molar-refractivity contribution in [2.45, 2.75) is 110 Å². The molecule has 24 heavy (non-hydrogen) atoms. The molecule has 3 nitrogen and oxygen atoms in total. The Hall–Kier alpha value is 0.531. The van der Waals surface area contributed by atoms with Gasteiger partial charge in [-0.05, 0) is 45.7 Å². The summed E-state index contributed by atoms with van der Waals surface area (Å²) >= 11 is 0. The molecule has 0 atom stereocenters. The maximum atomic E-state index is 6.14. The second-order valence-corrected chi connectivity index (χ2v) is 19.6. The topological polar surface area (TPSA) is 27.7 Å². The smallest absolute Gasteiger partial charge is 0.414 e. The van der Waals surface area contributed by atoms with Gasteiger partial charge in [-0.3, -0.25) is 0 Å². The lowest BCUT2D eigenvalue weighted by Crippen LogP contribution is -2.45. The van der Waals surface area contributed by atoms with Crippen LogP contribution >= 0.6 is 0 Å². The third kappa shape index (κ3) is 18.9. The molecule has 0 aromatic rings. The molecule has 0 saturated carbocycles. The van der Waals surface area contributed by atoms with Crippen molar-refractivity contribution in [2.75, 3.05) is 6.61 Å². The summed E-state index contributed by atoms with van der Waals surface area (Å²) in [6.45, 7) is 16.3. The highest BCUT2D eigenvalue weighted by atomic mass is 28.5. The molecule has 145 valence electrons. The van der Waals surface area contributed by atoms with Crippen LogP contribution in [0.4, 0.5) is 0 Å². The van der Waals surface area contributed by atoms with Crippen LogP contribution in [0.1, 0.15) is 71.1 Å². The van der Waals surface area contributed by atoms with Gasteiger partial charge in [0.05, 0.1) is 0 Å². The molecule has 6 heteroatoms. The predicted octanol–water partition coefficient (Wildman–Crippen LogP) is 6.61. The summed E-state index contributed by atoms with van der Waals surface area (Å²) in [5, 5.41) is 0. The Kier molecular flexibility index (Phi) is 14.0. The predicted molar refractivity (Wildman–Crippen MR) is 112 cm³/mol. The third-order valence-electron chi connectivity index (χ3n) is 3.50. The summed E-state index contributed by atoms with van der Waals surface area (Å²) in [5.41, 5.74) is 0. The molecule has 0 aromatic carbocycles. The Morgan fingerprint density at radius 1 is 0.583 bits per heavy atom. The van der Waals surface area contributed by atoms with E-state index in [0.717, 1.165) is 13.0 Å². The minimum absolute atomic E-state index is 0.791. The maximum absolute atomic E-state index is 6.14. The second kappa shape index (κ2) is 13.7. The largest absolute Gasteiger partial charge is 0.555 e. The van der Waals surface area contributed by atoms with E-state index in [1.165, 1.54) is 57.8 Å². The van der Waals surface area contributed by atoms with Crippen LogP contribution < -0.4 is 0 Å². The molecule has 0 heterocycles. The van der Waals surface area contributed by atoms with E-state index in [9.17, 15) is 0 Å². The molecule has 0 amide bonds. The molecule has 0 N–H and O–H groups in total. The van der Waals surface area contributed by atoms with Crippen LogP contribution in [-0.4, -0.2) is 32.8 Å². The quantitative estimate of drug-likeness (QED) is 0.219. The molecule has 0 aliphatic carbocycles. The second-order valence-electron chi connectivity index (χ2n) is 8.71. The van der Waals surface area contributed by atoms with E-state index in [1.807, 2.05) is 0 Å². The van der Waals surface area contributed by atoms with Gasteiger partial charge in [0, 0.05) is 6.61 Å². The average Bonchev–Trinajstić information content (AvgIpc) is 2.41. The van der Waals surface area contributed by atoms with Crippen molar-refractivity contribution in [1.82, 2.24) is 0 Å². The fourth-order valence-corrected chi connectivity index (χ4v) is 7.65. The van der Waals surface area contributed by atoms with E-state index in [-0.39, 0.29) is 0 Å². The highest BCUT2D eigenvalue weighted by Crippen LogP contribution is 2.14. The highest BCUT2D eigenvalue weighted by molar-refractivity contribution is 6.79. The van der Waals surface area contributed by atoms with Crippen molar-refractivity contribution in [3.63, 3.8) is 0 Å². The zero-order valence-corrected chi connectivity index (χ0v) is 20.5. The van der Waals surface area contributed by atoms with Crippen molar-refractivity contribution in [3.05, 3.63) is 0 Å². The van der Waals surface area contributed by atoms with Crippen molar-refractivity contribution in [1.29, 1.82) is 0 Å². The Morgan fingerprint density at radius 3 is 1.33 bits per heavy atom. The van der Waals surface area contributed by atoms with Gasteiger partial charge in [0.25, 0.3) is 0 Å². The summed E-state index contributed by atoms with van der Waals surface area (Å²) in [6.07, 6.45) is 13.5. The molecule has 0 aromatic heterocycles. The Balaban J connectivity index is 3.69. The van der Waals surface area contributed by atoms with Crippen LogP contribution in [-0.2, 0) is 12.7 Å². The fourth-order valence-electron chi connectivity index (χ4n) is 2.32. The van der Waals surface area contributed by atoms with Crippen molar-refractivity contribution in [3.8, 4) is 0 Å². The van der Waals surface area contributed by atoms with Crippen molar-refractivity contribution < 1.29 is 12.7 Å². The summed E-state index contributed by atoms with van der Waals surface area (Å²) in [4.78, 5) is 0.